The van der Waals surface area contributed by atoms with Crippen LogP contribution in [0.25, 0.3) is 0 Å². The lowest BCUT2D eigenvalue weighted by molar-refractivity contribution is -0.121. The summed E-state index contributed by atoms with van der Waals surface area (Å²) in [6, 6.07) is 8.05. The van der Waals surface area contributed by atoms with Crippen molar-refractivity contribution in [3.8, 4) is 5.75 Å². The summed E-state index contributed by atoms with van der Waals surface area (Å²) < 4.78 is 5.18. The van der Waals surface area contributed by atoms with Crippen molar-refractivity contribution in [2.75, 3.05) is 13.4 Å². The molecule has 0 aliphatic heterocycles. The topological polar surface area (TPSA) is 38.3 Å². The van der Waals surface area contributed by atoms with Crippen molar-refractivity contribution in [2.45, 2.75) is 43.4 Å². The van der Waals surface area contributed by atoms with E-state index in [4.69, 9.17) is 4.74 Å². The summed E-state index contributed by atoms with van der Waals surface area (Å²) in [5.74, 6) is 0.917. The molecule has 0 radical (unpaired) electrons. The van der Waals surface area contributed by atoms with Gasteiger partial charge in [-0.1, -0.05) is 18.6 Å². The van der Waals surface area contributed by atoms with Crippen LogP contribution < -0.4 is 10.1 Å². The number of hydrogen-bond acceptors (Lipinski definition) is 3. The molecule has 0 spiro atoms. The van der Waals surface area contributed by atoms with Crippen LogP contribution in [0.1, 0.15) is 31.2 Å². The second-order valence-electron chi connectivity index (χ2n) is 5.32. The second kappa shape index (κ2) is 7.58. The van der Waals surface area contributed by atoms with Crippen molar-refractivity contribution < 1.29 is 9.53 Å². The third kappa shape index (κ3) is 4.44. The molecule has 0 saturated heterocycles. The van der Waals surface area contributed by atoms with E-state index in [1.165, 1.54) is 12.8 Å². The van der Waals surface area contributed by atoms with Crippen LogP contribution in [-0.2, 0) is 11.2 Å². The Labute approximate surface area is 125 Å². The van der Waals surface area contributed by atoms with Gasteiger partial charge in [0.1, 0.15) is 5.75 Å². The maximum absolute atomic E-state index is 12.1. The number of carbonyl (C=O) groups is 1. The molecule has 4 heteroatoms. The molecule has 1 saturated carbocycles. The maximum atomic E-state index is 12.1. The minimum Gasteiger partial charge on any atom is -0.497 e. The molecule has 1 amide bonds. The Morgan fingerprint density at radius 2 is 2.30 bits per heavy atom. The highest BCUT2D eigenvalue weighted by Gasteiger charge is 2.22. The molecule has 1 aromatic carbocycles. The van der Waals surface area contributed by atoms with Gasteiger partial charge in [-0.3, -0.25) is 4.79 Å². The average Bonchev–Trinajstić information content (AvgIpc) is 2.47. The smallest absolute Gasteiger partial charge is 0.224 e. The Kier molecular flexibility index (Phi) is 5.77. The summed E-state index contributed by atoms with van der Waals surface area (Å²) in [5.41, 5.74) is 0.999. The lowest BCUT2D eigenvalue weighted by Gasteiger charge is -2.28. The van der Waals surface area contributed by atoms with E-state index in [0.717, 1.165) is 24.2 Å². The van der Waals surface area contributed by atoms with Gasteiger partial charge in [0, 0.05) is 11.3 Å². The van der Waals surface area contributed by atoms with Crippen molar-refractivity contribution in [3.63, 3.8) is 0 Å². The van der Waals surface area contributed by atoms with Crippen LogP contribution in [0.3, 0.4) is 0 Å². The maximum Gasteiger partial charge on any atom is 0.224 e. The van der Waals surface area contributed by atoms with Crippen LogP contribution in [0, 0.1) is 0 Å². The molecule has 0 unspecified atom stereocenters. The van der Waals surface area contributed by atoms with Crippen LogP contribution in [0.4, 0.5) is 0 Å². The number of hydrogen-bond donors (Lipinski definition) is 1. The van der Waals surface area contributed by atoms with E-state index in [9.17, 15) is 4.79 Å². The molecular weight excluding hydrogens is 270 g/mol. The van der Waals surface area contributed by atoms with Gasteiger partial charge in [0.25, 0.3) is 0 Å². The first-order valence-electron chi connectivity index (χ1n) is 7.16. The van der Waals surface area contributed by atoms with Crippen LogP contribution in [0.15, 0.2) is 24.3 Å². The minimum absolute atomic E-state index is 0.116. The fraction of sp³-hybridized carbons (Fsp3) is 0.562. The Balaban J connectivity index is 1.85. The number of carbonyl (C=O) groups excluding carboxylic acids is 1. The predicted molar refractivity (Wildman–Crippen MR) is 84.4 cm³/mol. The Morgan fingerprint density at radius 3 is 3.05 bits per heavy atom. The number of thioether (sulfide) groups is 1. The molecule has 0 heterocycles. The SMILES string of the molecule is COc1cccc(CC(=O)N[C@H]2CCC[C@@H](SC)C2)c1. The van der Waals surface area contributed by atoms with E-state index in [1.54, 1.807) is 7.11 Å². The van der Waals surface area contributed by atoms with Gasteiger partial charge in [-0.25, -0.2) is 0 Å². The summed E-state index contributed by atoms with van der Waals surface area (Å²) in [4.78, 5) is 12.1. The number of methoxy groups -OCH3 is 1. The van der Waals surface area contributed by atoms with E-state index < -0.39 is 0 Å². The molecule has 1 fully saturated rings. The predicted octanol–water partition coefficient (Wildman–Crippen LogP) is 3.03. The monoisotopic (exact) mass is 293 g/mol. The van der Waals surface area contributed by atoms with Crippen LogP contribution >= 0.6 is 11.8 Å². The number of nitrogens with one attached hydrogen (secondary N) is 1. The van der Waals surface area contributed by atoms with E-state index in [2.05, 4.69) is 11.6 Å². The number of ether oxygens (including phenoxy) is 1. The first-order chi connectivity index (χ1) is 9.71. The zero-order valence-corrected chi connectivity index (χ0v) is 13.0. The molecule has 2 rings (SSSR count). The molecular formula is C16H23NO2S. The van der Waals surface area contributed by atoms with E-state index in [0.29, 0.717) is 17.7 Å². The van der Waals surface area contributed by atoms with Crippen LogP contribution in [-0.4, -0.2) is 30.6 Å². The van der Waals surface area contributed by atoms with Gasteiger partial charge in [0.15, 0.2) is 0 Å². The molecule has 20 heavy (non-hydrogen) atoms. The summed E-state index contributed by atoms with van der Waals surface area (Å²) in [7, 11) is 1.64. The summed E-state index contributed by atoms with van der Waals surface area (Å²) in [6.45, 7) is 0. The third-order valence-corrected chi connectivity index (χ3v) is 4.92. The van der Waals surface area contributed by atoms with Crippen molar-refractivity contribution in [3.05, 3.63) is 29.8 Å². The minimum atomic E-state index is 0.116. The van der Waals surface area contributed by atoms with E-state index in [-0.39, 0.29) is 5.91 Å². The van der Waals surface area contributed by atoms with Crippen LogP contribution in [0.2, 0.25) is 0 Å². The highest BCUT2D eigenvalue weighted by atomic mass is 32.2. The normalized spacial score (nSPS) is 22.3. The molecule has 1 aromatic rings. The van der Waals surface area contributed by atoms with E-state index in [1.807, 2.05) is 36.0 Å². The fourth-order valence-electron chi connectivity index (χ4n) is 2.74. The molecule has 1 aliphatic rings. The number of rotatable bonds is 5. The quantitative estimate of drug-likeness (QED) is 0.907. The van der Waals surface area contributed by atoms with Crippen molar-refractivity contribution in [1.82, 2.24) is 5.32 Å². The largest absolute Gasteiger partial charge is 0.497 e. The van der Waals surface area contributed by atoms with Gasteiger partial charge < -0.3 is 10.1 Å². The molecule has 3 nitrogen and oxygen atoms in total. The first-order valence-corrected chi connectivity index (χ1v) is 8.45. The molecule has 1 N–H and O–H groups in total. The molecule has 1 aliphatic carbocycles. The van der Waals surface area contributed by atoms with E-state index >= 15 is 0 Å². The summed E-state index contributed by atoms with van der Waals surface area (Å²) in [5, 5.41) is 3.88. The molecule has 2 atom stereocenters. The summed E-state index contributed by atoms with van der Waals surface area (Å²) >= 11 is 1.92. The van der Waals surface area contributed by atoms with Crippen molar-refractivity contribution in [2.24, 2.45) is 0 Å². The molecule has 0 bridgehead atoms. The Hall–Kier alpha value is -1.16. The van der Waals surface area contributed by atoms with Gasteiger partial charge in [-0.2, -0.15) is 11.8 Å². The number of benzene rings is 1. The summed E-state index contributed by atoms with van der Waals surface area (Å²) in [6.07, 6.45) is 7.30. The van der Waals surface area contributed by atoms with Gasteiger partial charge >= 0.3 is 0 Å². The average molecular weight is 293 g/mol. The Morgan fingerprint density at radius 1 is 1.45 bits per heavy atom. The van der Waals surface area contributed by atoms with Gasteiger partial charge in [0.2, 0.25) is 5.91 Å². The Bertz CT molecular complexity index is 450. The first kappa shape index (κ1) is 15.2. The highest BCUT2D eigenvalue weighted by molar-refractivity contribution is 7.99. The van der Waals surface area contributed by atoms with Gasteiger partial charge in [0.05, 0.1) is 13.5 Å². The fourth-order valence-corrected chi connectivity index (χ4v) is 3.56. The second-order valence-corrected chi connectivity index (χ2v) is 6.46. The molecule has 110 valence electrons. The standard InChI is InChI=1S/C16H23NO2S/c1-19-14-7-3-5-12(9-14)10-16(18)17-13-6-4-8-15(11-13)20-2/h3,5,7,9,13,15H,4,6,8,10-11H2,1-2H3,(H,17,18)/t13-,15+/m0/s1. The van der Waals surface area contributed by atoms with Crippen molar-refractivity contribution >= 4 is 17.7 Å². The third-order valence-electron chi connectivity index (χ3n) is 3.82. The van der Waals surface area contributed by atoms with Crippen molar-refractivity contribution in [1.29, 1.82) is 0 Å². The van der Waals surface area contributed by atoms with Gasteiger partial charge in [-0.15, -0.1) is 0 Å². The van der Waals surface area contributed by atoms with Crippen LogP contribution in [0.5, 0.6) is 5.75 Å². The molecule has 0 aromatic heterocycles. The lowest BCUT2D eigenvalue weighted by Crippen LogP contribution is -2.39. The highest BCUT2D eigenvalue weighted by Crippen LogP contribution is 2.26. The number of amides is 1. The lowest BCUT2D eigenvalue weighted by atomic mass is 9.94. The van der Waals surface area contributed by atoms with Gasteiger partial charge in [-0.05, 0) is 43.2 Å². The zero-order valence-electron chi connectivity index (χ0n) is 12.2. The zero-order chi connectivity index (χ0) is 14.4.